The normalized spacial score (nSPS) is 25.7. The van der Waals surface area contributed by atoms with Crippen LogP contribution >= 0.6 is 23.5 Å². The summed E-state index contributed by atoms with van der Waals surface area (Å²) < 4.78 is 5.71. The van der Waals surface area contributed by atoms with Gasteiger partial charge in [-0.1, -0.05) is 12.1 Å². The van der Waals surface area contributed by atoms with Crippen molar-refractivity contribution in [3.05, 3.63) is 29.8 Å². The molecule has 2 aliphatic rings. The molecule has 1 heterocycles. The van der Waals surface area contributed by atoms with Crippen LogP contribution in [0.15, 0.2) is 24.3 Å². The fraction of sp³-hybridized carbons (Fsp3) is 0.571. The quantitative estimate of drug-likeness (QED) is 0.919. The molecule has 0 amide bonds. The topological polar surface area (TPSA) is 29.5 Å². The van der Waals surface area contributed by atoms with Gasteiger partial charge in [-0.2, -0.15) is 23.5 Å². The van der Waals surface area contributed by atoms with Crippen molar-refractivity contribution >= 4 is 23.5 Å². The van der Waals surface area contributed by atoms with E-state index in [0.29, 0.717) is 11.4 Å². The molecule has 1 saturated carbocycles. The van der Waals surface area contributed by atoms with Gasteiger partial charge in [0.05, 0.1) is 12.2 Å². The van der Waals surface area contributed by atoms with E-state index in [9.17, 15) is 5.11 Å². The summed E-state index contributed by atoms with van der Waals surface area (Å²) >= 11 is 3.83. The minimum atomic E-state index is -0.349. The largest absolute Gasteiger partial charge is 0.490 e. The lowest BCUT2D eigenvalue weighted by atomic mass is 10.1. The van der Waals surface area contributed by atoms with Gasteiger partial charge in [0.25, 0.3) is 0 Å². The summed E-state index contributed by atoms with van der Waals surface area (Å²) in [6.07, 6.45) is 2.45. The van der Waals surface area contributed by atoms with Crippen LogP contribution in [0.1, 0.15) is 24.5 Å². The predicted molar refractivity (Wildman–Crippen MR) is 78.6 cm³/mol. The number of thioether (sulfide) groups is 2. The van der Waals surface area contributed by atoms with Crippen molar-refractivity contribution in [2.24, 2.45) is 0 Å². The third-order valence-electron chi connectivity index (χ3n) is 3.24. The van der Waals surface area contributed by atoms with Gasteiger partial charge < -0.3 is 9.84 Å². The fourth-order valence-electron chi connectivity index (χ4n) is 2.02. The average molecular weight is 282 g/mol. The number of aliphatic hydroxyl groups excluding tert-OH is 1. The van der Waals surface area contributed by atoms with Crippen LogP contribution < -0.4 is 4.74 Å². The molecule has 1 aliphatic carbocycles. The van der Waals surface area contributed by atoms with Gasteiger partial charge in [0.15, 0.2) is 0 Å². The first-order valence-electron chi connectivity index (χ1n) is 6.47. The van der Waals surface area contributed by atoms with Crippen molar-refractivity contribution in [3.8, 4) is 5.75 Å². The summed E-state index contributed by atoms with van der Waals surface area (Å²) in [5.74, 6) is 4.34. The van der Waals surface area contributed by atoms with Gasteiger partial charge in [0.1, 0.15) is 5.75 Å². The molecule has 0 radical (unpaired) electrons. The molecule has 1 saturated heterocycles. The Bertz CT molecular complexity index is 383. The first-order chi connectivity index (χ1) is 8.83. The Morgan fingerprint density at radius 3 is 2.56 bits per heavy atom. The van der Waals surface area contributed by atoms with Gasteiger partial charge in [-0.05, 0) is 30.5 Å². The standard InChI is InChI=1S/C14H18O2S2/c15-14(13-9-17-7-8-18-13)10-1-3-11(4-2-10)16-12-5-6-12/h1-4,12-15H,5-9H2. The fourth-order valence-corrected chi connectivity index (χ4v) is 4.78. The minimum absolute atomic E-state index is 0.332. The Hall–Kier alpha value is -0.320. The lowest BCUT2D eigenvalue weighted by Gasteiger charge is -2.26. The molecule has 1 aromatic rings. The molecule has 3 rings (SSSR count). The van der Waals surface area contributed by atoms with Crippen molar-refractivity contribution in [1.82, 2.24) is 0 Å². The summed E-state index contributed by atoms with van der Waals surface area (Å²) in [6.45, 7) is 0. The molecule has 0 bridgehead atoms. The first-order valence-corrected chi connectivity index (χ1v) is 8.67. The monoisotopic (exact) mass is 282 g/mol. The number of rotatable bonds is 4. The zero-order valence-electron chi connectivity index (χ0n) is 10.2. The molecular formula is C14H18O2S2. The minimum Gasteiger partial charge on any atom is -0.490 e. The van der Waals surface area contributed by atoms with E-state index in [4.69, 9.17) is 4.74 Å². The third kappa shape index (κ3) is 3.16. The van der Waals surface area contributed by atoms with Gasteiger partial charge >= 0.3 is 0 Å². The first kappa shape index (κ1) is 12.7. The third-order valence-corrected chi connectivity index (χ3v) is 6.09. The Labute approximate surface area is 116 Å². The van der Waals surface area contributed by atoms with E-state index >= 15 is 0 Å². The molecule has 2 fully saturated rings. The van der Waals surface area contributed by atoms with Crippen molar-refractivity contribution in [3.63, 3.8) is 0 Å². The van der Waals surface area contributed by atoms with E-state index in [1.807, 2.05) is 47.8 Å². The lowest BCUT2D eigenvalue weighted by molar-refractivity contribution is 0.180. The van der Waals surface area contributed by atoms with Crippen LogP contribution in [0.4, 0.5) is 0 Å². The van der Waals surface area contributed by atoms with E-state index < -0.39 is 0 Å². The summed E-state index contributed by atoms with van der Waals surface area (Å²) in [5, 5.41) is 10.7. The average Bonchev–Trinajstić information content (AvgIpc) is 3.24. The second kappa shape index (κ2) is 5.76. The Morgan fingerprint density at radius 1 is 1.17 bits per heavy atom. The predicted octanol–water partition coefficient (Wildman–Crippen LogP) is 3.11. The summed E-state index contributed by atoms with van der Waals surface area (Å²) in [5.41, 5.74) is 1.01. The Balaban J connectivity index is 1.63. The van der Waals surface area contributed by atoms with Crippen LogP contribution in [0.25, 0.3) is 0 Å². The smallest absolute Gasteiger partial charge is 0.119 e. The van der Waals surface area contributed by atoms with Crippen LogP contribution in [-0.4, -0.2) is 33.7 Å². The number of benzene rings is 1. The molecule has 4 heteroatoms. The molecule has 98 valence electrons. The van der Waals surface area contributed by atoms with Crippen LogP contribution in [0.3, 0.4) is 0 Å². The van der Waals surface area contributed by atoms with Crippen molar-refractivity contribution < 1.29 is 9.84 Å². The Morgan fingerprint density at radius 2 is 1.94 bits per heavy atom. The Kier molecular flexibility index (Phi) is 4.07. The molecule has 2 atom stereocenters. The maximum atomic E-state index is 10.4. The van der Waals surface area contributed by atoms with Crippen LogP contribution in [0, 0.1) is 0 Å². The molecule has 1 N–H and O–H groups in total. The van der Waals surface area contributed by atoms with Gasteiger partial charge in [-0.25, -0.2) is 0 Å². The molecular weight excluding hydrogens is 264 g/mol. The second-order valence-corrected chi connectivity index (χ2v) is 7.31. The highest BCUT2D eigenvalue weighted by Crippen LogP contribution is 2.34. The van der Waals surface area contributed by atoms with Crippen LogP contribution in [-0.2, 0) is 0 Å². The molecule has 0 aromatic heterocycles. The highest BCUT2D eigenvalue weighted by Gasteiger charge is 2.25. The summed E-state index contributed by atoms with van der Waals surface area (Å²) in [7, 11) is 0. The number of hydrogen-bond acceptors (Lipinski definition) is 4. The van der Waals surface area contributed by atoms with Gasteiger partial charge in [-0.3, -0.25) is 0 Å². The van der Waals surface area contributed by atoms with Crippen molar-refractivity contribution in [2.45, 2.75) is 30.3 Å². The van der Waals surface area contributed by atoms with Gasteiger partial charge in [0, 0.05) is 22.5 Å². The van der Waals surface area contributed by atoms with E-state index in [1.165, 1.54) is 18.6 Å². The SMILES string of the molecule is OC(c1ccc(OC2CC2)cc1)C1CSCCS1. The molecule has 1 aromatic carbocycles. The number of hydrogen-bond donors (Lipinski definition) is 1. The maximum absolute atomic E-state index is 10.4. The van der Waals surface area contributed by atoms with Crippen LogP contribution in [0.5, 0.6) is 5.75 Å². The van der Waals surface area contributed by atoms with Crippen molar-refractivity contribution in [2.75, 3.05) is 17.3 Å². The second-order valence-electron chi connectivity index (χ2n) is 4.82. The number of aliphatic hydroxyl groups is 1. The summed E-state index contributed by atoms with van der Waals surface area (Å²) in [6, 6.07) is 7.97. The zero-order valence-corrected chi connectivity index (χ0v) is 11.9. The van der Waals surface area contributed by atoms with Gasteiger partial charge in [0.2, 0.25) is 0 Å². The lowest BCUT2D eigenvalue weighted by Crippen LogP contribution is -2.22. The maximum Gasteiger partial charge on any atom is 0.119 e. The van der Waals surface area contributed by atoms with E-state index in [0.717, 1.165) is 22.8 Å². The molecule has 1 aliphatic heterocycles. The van der Waals surface area contributed by atoms with E-state index in [2.05, 4.69) is 0 Å². The van der Waals surface area contributed by atoms with Crippen molar-refractivity contribution in [1.29, 1.82) is 0 Å². The molecule has 18 heavy (non-hydrogen) atoms. The highest BCUT2D eigenvalue weighted by molar-refractivity contribution is 8.06. The molecule has 2 nitrogen and oxygen atoms in total. The molecule has 0 spiro atoms. The van der Waals surface area contributed by atoms with E-state index in [1.54, 1.807) is 0 Å². The highest BCUT2D eigenvalue weighted by atomic mass is 32.2. The van der Waals surface area contributed by atoms with E-state index in [-0.39, 0.29) is 6.10 Å². The van der Waals surface area contributed by atoms with Gasteiger partial charge in [-0.15, -0.1) is 0 Å². The molecule has 2 unspecified atom stereocenters. The summed E-state index contributed by atoms with van der Waals surface area (Å²) in [4.78, 5) is 0. The van der Waals surface area contributed by atoms with Crippen LogP contribution in [0.2, 0.25) is 0 Å². The number of ether oxygens (including phenoxy) is 1. The zero-order chi connectivity index (χ0) is 12.4.